The van der Waals surface area contributed by atoms with E-state index in [9.17, 15) is 9.59 Å². The van der Waals surface area contributed by atoms with Crippen molar-refractivity contribution >= 4 is 34.6 Å². The first-order chi connectivity index (χ1) is 10.1. The van der Waals surface area contributed by atoms with Crippen LogP contribution >= 0.6 is 22.7 Å². The van der Waals surface area contributed by atoms with Crippen LogP contribution in [0.15, 0.2) is 22.2 Å². The van der Waals surface area contributed by atoms with Crippen molar-refractivity contribution in [3.63, 3.8) is 0 Å². The Balaban J connectivity index is 1.95. The lowest BCUT2D eigenvalue weighted by Gasteiger charge is -2.12. The van der Waals surface area contributed by atoms with E-state index < -0.39 is 12.0 Å². The van der Waals surface area contributed by atoms with E-state index in [-0.39, 0.29) is 12.3 Å². The lowest BCUT2D eigenvalue weighted by Crippen LogP contribution is -2.41. The Bertz CT molecular complexity index is 608. The number of nitrogens with one attached hydrogen (secondary N) is 1. The van der Waals surface area contributed by atoms with Gasteiger partial charge in [-0.3, -0.25) is 4.79 Å². The fraction of sp³-hybridized carbons (Fsp3) is 0.357. The normalized spacial score (nSPS) is 12.0. The second-order valence-electron chi connectivity index (χ2n) is 4.58. The third-order valence-corrected chi connectivity index (χ3v) is 4.50. The number of carboxylic acid groups (broad SMARTS) is 1. The molecule has 0 fully saturated rings. The Kier molecular flexibility index (Phi) is 5.46. The number of nitrogens with zero attached hydrogens (tertiary/aromatic N) is 1. The molecule has 0 aliphatic rings. The highest BCUT2D eigenvalue weighted by molar-refractivity contribution is 7.14. The molecule has 7 heteroatoms. The third-order valence-electron chi connectivity index (χ3n) is 2.87. The topological polar surface area (TPSA) is 79.3 Å². The Morgan fingerprint density at radius 1 is 1.43 bits per heavy atom. The Morgan fingerprint density at radius 3 is 2.86 bits per heavy atom. The Morgan fingerprint density at radius 2 is 2.24 bits per heavy atom. The van der Waals surface area contributed by atoms with Gasteiger partial charge in [0.2, 0.25) is 5.91 Å². The second kappa shape index (κ2) is 7.33. The number of aromatic nitrogens is 1. The summed E-state index contributed by atoms with van der Waals surface area (Å²) in [5.74, 6) is -1.31. The zero-order chi connectivity index (χ0) is 15.2. The number of carboxylic acids is 1. The Labute approximate surface area is 130 Å². The van der Waals surface area contributed by atoms with E-state index >= 15 is 0 Å². The Hall–Kier alpha value is -1.73. The quantitative estimate of drug-likeness (QED) is 0.821. The zero-order valence-corrected chi connectivity index (χ0v) is 13.2. The number of aliphatic carboxylic acids is 1. The first-order valence-electron chi connectivity index (χ1n) is 6.59. The number of amides is 1. The first-order valence-corrected chi connectivity index (χ1v) is 8.41. The van der Waals surface area contributed by atoms with Gasteiger partial charge in [-0.15, -0.1) is 11.3 Å². The van der Waals surface area contributed by atoms with Crippen LogP contribution in [0.2, 0.25) is 0 Å². The van der Waals surface area contributed by atoms with Gasteiger partial charge in [0.1, 0.15) is 11.0 Å². The summed E-state index contributed by atoms with van der Waals surface area (Å²) in [4.78, 5) is 27.3. The number of rotatable bonds is 7. The van der Waals surface area contributed by atoms with Gasteiger partial charge >= 0.3 is 5.97 Å². The van der Waals surface area contributed by atoms with Crippen molar-refractivity contribution in [2.45, 2.75) is 32.2 Å². The minimum absolute atomic E-state index is 0.105. The van der Waals surface area contributed by atoms with Crippen LogP contribution in [0.4, 0.5) is 0 Å². The molecule has 1 amide bonds. The van der Waals surface area contributed by atoms with E-state index in [1.807, 2.05) is 29.1 Å². The van der Waals surface area contributed by atoms with E-state index in [0.29, 0.717) is 18.5 Å². The maximum atomic E-state index is 11.9. The minimum atomic E-state index is -0.998. The average molecular weight is 324 g/mol. The third kappa shape index (κ3) is 4.37. The van der Waals surface area contributed by atoms with E-state index in [0.717, 1.165) is 10.6 Å². The van der Waals surface area contributed by atoms with Crippen LogP contribution < -0.4 is 5.32 Å². The van der Waals surface area contributed by atoms with Gasteiger partial charge in [-0.2, -0.15) is 11.3 Å². The smallest absolute Gasteiger partial charge is 0.326 e. The number of thiophene rings is 1. The summed E-state index contributed by atoms with van der Waals surface area (Å²) in [6, 6.07) is 1.16. The van der Waals surface area contributed by atoms with Crippen molar-refractivity contribution in [3.05, 3.63) is 27.9 Å². The number of carbonyl (C=O) groups is 2. The van der Waals surface area contributed by atoms with Gasteiger partial charge in [0.25, 0.3) is 0 Å². The highest BCUT2D eigenvalue weighted by atomic mass is 32.1. The van der Waals surface area contributed by atoms with Crippen LogP contribution in [0, 0.1) is 0 Å². The SMILES string of the molecule is CCC[C@@H](NC(=O)Cc1csc(-c2ccsc2)n1)C(=O)O. The fourth-order valence-corrected chi connectivity index (χ4v) is 3.39. The molecule has 0 bridgehead atoms. The molecule has 2 aromatic heterocycles. The zero-order valence-electron chi connectivity index (χ0n) is 11.5. The number of carbonyl (C=O) groups excluding carboxylic acids is 1. The maximum absolute atomic E-state index is 11.9. The average Bonchev–Trinajstić information content (AvgIpc) is 3.08. The number of hydrogen-bond acceptors (Lipinski definition) is 5. The molecule has 1 atom stereocenters. The molecule has 0 aromatic carbocycles. The predicted octanol–water partition coefficient (Wildman–Crippen LogP) is 2.78. The summed E-state index contributed by atoms with van der Waals surface area (Å²) in [5, 5.41) is 18.3. The molecule has 2 rings (SSSR count). The molecule has 0 saturated heterocycles. The molecule has 0 unspecified atom stereocenters. The van der Waals surface area contributed by atoms with Gasteiger partial charge in [0, 0.05) is 16.3 Å². The number of thiazole rings is 1. The molecule has 112 valence electrons. The summed E-state index contributed by atoms with van der Waals surface area (Å²) < 4.78 is 0. The van der Waals surface area contributed by atoms with Crippen LogP contribution in [-0.4, -0.2) is 28.0 Å². The van der Waals surface area contributed by atoms with E-state index in [1.165, 1.54) is 11.3 Å². The molecule has 2 heterocycles. The molecular weight excluding hydrogens is 308 g/mol. The second-order valence-corrected chi connectivity index (χ2v) is 6.22. The lowest BCUT2D eigenvalue weighted by molar-refractivity contribution is -0.141. The molecule has 0 aliphatic heterocycles. The predicted molar refractivity (Wildman–Crippen MR) is 83.6 cm³/mol. The highest BCUT2D eigenvalue weighted by Crippen LogP contribution is 2.25. The molecule has 0 aliphatic carbocycles. The van der Waals surface area contributed by atoms with Gasteiger partial charge in [-0.1, -0.05) is 13.3 Å². The number of hydrogen-bond donors (Lipinski definition) is 2. The molecule has 21 heavy (non-hydrogen) atoms. The summed E-state index contributed by atoms with van der Waals surface area (Å²) in [7, 11) is 0. The lowest BCUT2D eigenvalue weighted by atomic mass is 10.1. The van der Waals surface area contributed by atoms with Crippen molar-refractivity contribution in [2.24, 2.45) is 0 Å². The first kappa shape index (κ1) is 15.7. The van der Waals surface area contributed by atoms with Crippen LogP contribution in [0.25, 0.3) is 10.6 Å². The van der Waals surface area contributed by atoms with Crippen LogP contribution in [0.3, 0.4) is 0 Å². The molecular formula is C14H16N2O3S2. The van der Waals surface area contributed by atoms with Gasteiger partial charge in [0.05, 0.1) is 12.1 Å². The van der Waals surface area contributed by atoms with Gasteiger partial charge < -0.3 is 10.4 Å². The van der Waals surface area contributed by atoms with E-state index in [1.54, 1.807) is 11.3 Å². The van der Waals surface area contributed by atoms with Crippen molar-refractivity contribution in [2.75, 3.05) is 0 Å². The molecule has 0 radical (unpaired) electrons. The molecule has 5 nitrogen and oxygen atoms in total. The molecule has 0 spiro atoms. The van der Waals surface area contributed by atoms with Crippen molar-refractivity contribution in [1.82, 2.24) is 10.3 Å². The van der Waals surface area contributed by atoms with Crippen molar-refractivity contribution in [1.29, 1.82) is 0 Å². The largest absolute Gasteiger partial charge is 0.480 e. The summed E-state index contributed by atoms with van der Waals surface area (Å²) in [5.41, 5.74) is 1.71. The summed E-state index contributed by atoms with van der Waals surface area (Å²) >= 11 is 3.08. The highest BCUT2D eigenvalue weighted by Gasteiger charge is 2.19. The minimum Gasteiger partial charge on any atom is -0.480 e. The van der Waals surface area contributed by atoms with Crippen molar-refractivity contribution < 1.29 is 14.7 Å². The molecule has 2 aromatic rings. The van der Waals surface area contributed by atoms with Crippen LogP contribution in [0.5, 0.6) is 0 Å². The van der Waals surface area contributed by atoms with Gasteiger partial charge in [-0.25, -0.2) is 9.78 Å². The van der Waals surface area contributed by atoms with Gasteiger partial charge in [-0.05, 0) is 17.9 Å². The van der Waals surface area contributed by atoms with Crippen molar-refractivity contribution in [3.8, 4) is 10.6 Å². The summed E-state index contributed by atoms with van der Waals surface area (Å²) in [6.07, 6.45) is 1.24. The monoisotopic (exact) mass is 324 g/mol. The van der Waals surface area contributed by atoms with Crippen LogP contribution in [-0.2, 0) is 16.0 Å². The fourth-order valence-electron chi connectivity index (χ4n) is 1.86. The molecule has 2 N–H and O–H groups in total. The maximum Gasteiger partial charge on any atom is 0.326 e. The van der Waals surface area contributed by atoms with Crippen LogP contribution in [0.1, 0.15) is 25.5 Å². The van der Waals surface area contributed by atoms with Gasteiger partial charge in [0.15, 0.2) is 0 Å². The van der Waals surface area contributed by atoms with E-state index in [2.05, 4.69) is 10.3 Å². The standard InChI is InChI=1S/C14H16N2O3S2/c1-2-3-11(14(18)19)16-12(17)6-10-8-21-13(15-10)9-4-5-20-7-9/h4-5,7-8,11H,2-3,6H2,1H3,(H,16,17)(H,18,19)/t11-/m1/s1. The molecule has 0 saturated carbocycles. The summed E-state index contributed by atoms with van der Waals surface area (Å²) in [6.45, 7) is 1.88. The van der Waals surface area contributed by atoms with E-state index in [4.69, 9.17) is 5.11 Å².